The molecule has 0 saturated heterocycles. The number of amides is 2. The lowest BCUT2D eigenvalue weighted by Gasteiger charge is -2.31. The number of carboxylic acid groups (broad SMARTS) is 1. The van der Waals surface area contributed by atoms with E-state index < -0.39 is 29.7 Å². The smallest absolute Gasteiger partial charge is 0.323 e. The van der Waals surface area contributed by atoms with E-state index in [1.54, 1.807) is 12.1 Å². The normalized spacial score (nSPS) is 17.6. The van der Waals surface area contributed by atoms with Gasteiger partial charge in [-0.05, 0) is 42.9 Å². The lowest BCUT2D eigenvalue weighted by Crippen LogP contribution is -2.52. The average Bonchev–Trinajstić information content (AvgIpc) is 2.71. The number of anilines is 1. The minimum atomic E-state index is -1.10. The molecule has 1 aliphatic rings. The zero-order valence-corrected chi connectivity index (χ0v) is 16.8. The van der Waals surface area contributed by atoms with Gasteiger partial charge in [0.2, 0.25) is 11.8 Å². The van der Waals surface area contributed by atoms with Gasteiger partial charge in [0.15, 0.2) is 0 Å². The molecule has 2 atom stereocenters. The van der Waals surface area contributed by atoms with Crippen molar-refractivity contribution < 1.29 is 19.5 Å². The van der Waals surface area contributed by atoms with Gasteiger partial charge in [0.25, 0.3) is 0 Å². The molecule has 2 amide bonds. The highest BCUT2D eigenvalue weighted by Gasteiger charge is 2.32. The van der Waals surface area contributed by atoms with Gasteiger partial charge in [0.1, 0.15) is 12.6 Å². The number of carbonyl (C=O) groups is 3. The van der Waals surface area contributed by atoms with Crippen molar-refractivity contribution in [2.24, 2.45) is 0 Å². The number of carboxylic acids is 1. The van der Waals surface area contributed by atoms with Gasteiger partial charge in [-0.1, -0.05) is 48.5 Å². The van der Waals surface area contributed by atoms with E-state index in [4.69, 9.17) is 0 Å². The third-order valence-electron chi connectivity index (χ3n) is 4.97. The zero-order valence-electron chi connectivity index (χ0n) is 16.0. The molecule has 0 aromatic heterocycles. The van der Waals surface area contributed by atoms with Gasteiger partial charge < -0.3 is 10.4 Å². The van der Waals surface area contributed by atoms with Crippen molar-refractivity contribution in [2.75, 3.05) is 11.4 Å². The standard InChI is InChI=1S/C22H24N2O4S/c25-20(26)14-24-18-12-5-4-9-16(18)10-6-11-17(22(24)28)23-21(27)19(29)13-15-7-2-1-3-8-15/h1-5,7-9,12,17,19,29H,6,10-11,13-14H2,(H,23,27)(H,25,26)/t17?,19-/m0/s1. The van der Waals surface area contributed by atoms with Crippen LogP contribution in [0, 0.1) is 0 Å². The van der Waals surface area contributed by atoms with Gasteiger partial charge in [-0.3, -0.25) is 19.3 Å². The van der Waals surface area contributed by atoms with Crippen molar-refractivity contribution in [1.29, 1.82) is 0 Å². The molecule has 3 rings (SSSR count). The highest BCUT2D eigenvalue weighted by Crippen LogP contribution is 2.26. The second kappa shape index (κ2) is 9.60. The van der Waals surface area contributed by atoms with E-state index in [1.165, 1.54) is 4.90 Å². The fourth-order valence-electron chi connectivity index (χ4n) is 3.54. The summed E-state index contributed by atoms with van der Waals surface area (Å²) in [6.07, 6.45) is 2.31. The summed E-state index contributed by atoms with van der Waals surface area (Å²) >= 11 is 4.41. The summed E-state index contributed by atoms with van der Waals surface area (Å²) in [5.74, 6) is -1.84. The van der Waals surface area contributed by atoms with E-state index >= 15 is 0 Å². The topological polar surface area (TPSA) is 86.7 Å². The lowest BCUT2D eigenvalue weighted by molar-refractivity contribution is -0.137. The molecule has 7 heteroatoms. The molecule has 0 aliphatic carbocycles. The first kappa shape index (κ1) is 20.9. The van der Waals surface area contributed by atoms with Crippen molar-refractivity contribution in [1.82, 2.24) is 5.32 Å². The average molecular weight is 413 g/mol. The Bertz CT molecular complexity index is 887. The number of benzene rings is 2. The van der Waals surface area contributed by atoms with E-state index in [0.717, 1.165) is 11.1 Å². The van der Waals surface area contributed by atoms with E-state index in [0.29, 0.717) is 31.4 Å². The largest absolute Gasteiger partial charge is 0.480 e. The summed E-state index contributed by atoms with van der Waals surface area (Å²) in [5.41, 5.74) is 2.50. The van der Waals surface area contributed by atoms with Crippen LogP contribution in [-0.2, 0) is 27.2 Å². The van der Waals surface area contributed by atoms with Gasteiger partial charge in [-0.15, -0.1) is 0 Å². The van der Waals surface area contributed by atoms with Crippen molar-refractivity contribution >= 4 is 36.1 Å². The van der Waals surface area contributed by atoms with Crippen LogP contribution in [0.2, 0.25) is 0 Å². The molecular weight excluding hydrogens is 388 g/mol. The fraction of sp³-hybridized carbons (Fsp3) is 0.318. The summed E-state index contributed by atoms with van der Waals surface area (Å²) in [5, 5.41) is 11.5. The Kier molecular flexibility index (Phi) is 6.93. The van der Waals surface area contributed by atoms with Gasteiger partial charge in [-0.25, -0.2) is 0 Å². The predicted octanol–water partition coefficient (Wildman–Crippen LogP) is 2.47. The number of carbonyl (C=O) groups excluding carboxylic acids is 2. The Balaban J connectivity index is 1.76. The quantitative estimate of drug-likeness (QED) is 0.636. The van der Waals surface area contributed by atoms with Crippen LogP contribution >= 0.6 is 12.6 Å². The number of aryl methyl sites for hydroxylation is 1. The Morgan fingerprint density at radius 1 is 1.14 bits per heavy atom. The van der Waals surface area contributed by atoms with Gasteiger partial charge >= 0.3 is 5.97 Å². The van der Waals surface area contributed by atoms with Crippen LogP contribution in [0.15, 0.2) is 54.6 Å². The van der Waals surface area contributed by atoms with E-state index in [2.05, 4.69) is 17.9 Å². The molecule has 2 aromatic rings. The molecule has 0 fully saturated rings. The SMILES string of the molecule is O=C(O)CN1C(=O)C(NC(=O)[C@@H](S)Cc2ccccc2)CCCc2ccccc21. The van der Waals surface area contributed by atoms with Crippen LogP contribution < -0.4 is 10.2 Å². The first-order valence-corrected chi connectivity index (χ1v) is 10.1. The Labute approximate surface area is 175 Å². The molecule has 29 heavy (non-hydrogen) atoms. The second-order valence-corrected chi connectivity index (χ2v) is 7.73. The second-order valence-electron chi connectivity index (χ2n) is 7.11. The van der Waals surface area contributed by atoms with Crippen LogP contribution in [0.3, 0.4) is 0 Å². The van der Waals surface area contributed by atoms with Gasteiger partial charge in [0.05, 0.1) is 5.25 Å². The lowest BCUT2D eigenvalue weighted by atomic mass is 9.98. The first-order valence-electron chi connectivity index (χ1n) is 9.59. The Morgan fingerprint density at radius 3 is 2.55 bits per heavy atom. The van der Waals surface area contributed by atoms with Gasteiger partial charge in [-0.2, -0.15) is 12.6 Å². The molecule has 0 spiro atoms. The van der Waals surface area contributed by atoms with Crippen LogP contribution in [0.1, 0.15) is 24.0 Å². The predicted molar refractivity (Wildman–Crippen MR) is 114 cm³/mol. The summed E-state index contributed by atoms with van der Waals surface area (Å²) in [6, 6.07) is 16.1. The molecule has 1 unspecified atom stereocenters. The summed E-state index contributed by atoms with van der Waals surface area (Å²) in [7, 11) is 0. The summed E-state index contributed by atoms with van der Waals surface area (Å²) in [4.78, 5) is 38.4. The maximum absolute atomic E-state index is 13.1. The van der Waals surface area contributed by atoms with Crippen LogP contribution in [-0.4, -0.2) is 40.7 Å². The number of fused-ring (bicyclic) bond motifs is 1. The van der Waals surface area contributed by atoms with Crippen LogP contribution in [0.4, 0.5) is 5.69 Å². The maximum Gasteiger partial charge on any atom is 0.323 e. The molecule has 0 saturated carbocycles. The Morgan fingerprint density at radius 2 is 1.83 bits per heavy atom. The van der Waals surface area contributed by atoms with Crippen LogP contribution in [0.25, 0.3) is 0 Å². The van der Waals surface area contributed by atoms with Gasteiger partial charge in [0, 0.05) is 5.69 Å². The summed E-state index contributed by atoms with van der Waals surface area (Å²) in [6.45, 7) is -0.448. The van der Waals surface area contributed by atoms with Crippen molar-refractivity contribution in [3.63, 3.8) is 0 Å². The number of nitrogens with one attached hydrogen (secondary N) is 1. The molecule has 2 aromatic carbocycles. The number of aliphatic carboxylic acids is 1. The minimum absolute atomic E-state index is 0.334. The molecule has 152 valence electrons. The number of thiol groups is 1. The zero-order chi connectivity index (χ0) is 20.8. The van der Waals surface area contributed by atoms with E-state index in [-0.39, 0.29) is 5.91 Å². The molecule has 0 bridgehead atoms. The maximum atomic E-state index is 13.1. The minimum Gasteiger partial charge on any atom is -0.480 e. The molecule has 6 nitrogen and oxygen atoms in total. The highest BCUT2D eigenvalue weighted by molar-refractivity contribution is 7.81. The monoisotopic (exact) mass is 412 g/mol. The number of rotatable bonds is 6. The number of nitrogens with zero attached hydrogens (tertiary/aromatic N) is 1. The third kappa shape index (κ3) is 5.38. The highest BCUT2D eigenvalue weighted by atomic mass is 32.1. The molecule has 1 heterocycles. The fourth-order valence-corrected chi connectivity index (χ4v) is 3.83. The van der Waals surface area contributed by atoms with E-state index in [9.17, 15) is 19.5 Å². The van der Waals surface area contributed by atoms with Crippen molar-refractivity contribution in [3.8, 4) is 0 Å². The molecule has 0 radical (unpaired) electrons. The molecule has 2 N–H and O–H groups in total. The Hall–Kier alpha value is -2.80. The van der Waals surface area contributed by atoms with E-state index in [1.807, 2.05) is 42.5 Å². The van der Waals surface area contributed by atoms with Crippen molar-refractivity contribution in [2.45, 2.75) is 37.0 Å². The number of hydrogen-bond acceptors (Lipinski definition) is 4. The van der Waals surface area contributed by atoms with Crippen molar-refractivity contribution in [3.05, 3.63) is 65.7 Å². The molecular formula is C22H24N2O4S. The first-order chi connectivity index (χ1) is 14.0. The number of para-hydroxylation sites is 1. The third-order valence-corrected chi connectivity index (χ3v) is 5.39. The molecule has 1 aliphatic heterocycles. The number of hydrogen-bond donors (Lipinski definition) is 3. The summed E-state index contributed by atoms with van der Waals surface area (Å²) < 4.78 is 0. The van der Waals surface area contributed by atoms with Crippen LogP contribution in [0.5, 0.6) is 0 Å².